The summed E-state index contributed by atoms with van der Waals surface area (Å²) in [5.41, 5.74) is 2.22. The van der Waals surface area contributed by atoms with Crippen LogP contribution < -0.4 is 20.4 Å². The topological polar surface area (TPSA) is 95.3 Å². The average Bonchev–Trinajstić information content (AvgIpc) is 2.67. The molecule has 0 aromatic heterocycles. The summed E-state index contributed by atoms with van der Waals surface area (Å²) in [6.07, 6.45) is 0. The number of nitrogens with zero attached hydrogens (tertiary/aromatic N) is 1. The Bertz CT molecular complexity index is 585. The van der Waals surface area contributed by atoms with E-state index in [-0.39, 0.29) is 19.2 Å². The first-order valence-corrected chi connectivity index (χ1v) is 8.89. The van der Waals surface area contributed by atoms with E-state index in [9.17, 15) is 9.59 Å². The summed E-state index contributed by atoms with van der Waals surface area (Å²) in [4.78, 5) is 27.0. The van der Waals surface area contributed by atoms with Crippen LogP contribution in [0.3, 0.4) is 0 Å². The third-order valence-electron chi connectivity index (χ3n) is 4.51. The van der Waals surface area contributed by atoms with Crippen molar-refractivity contribution in [2.24, 2.45) is 0 Å². The lowest BCUT2D eigenvalue weighted by Gasteiger charge is -2.32. The smallest absolute Gasteiger partial charge is 0.309 e. The van der Waals surface area contributed by atoms with E-state index in [2.05, 4.69) is 34.9 Å². The Morgan fingerprint density at radius 1 is 1.15 bits per heavy atom. The van der Waals surface area contributed by atoms with Gasteiger partial charge in [0.2, 0.25) is 0 Å². The molecule has 8 nitrogen and oxygen atoms in total. The number of aliphatic hydroxyl groups excluding tert-OH is 1. The number of nitrogens with one attached hydrogen (secondary N) is 3. The standard InChI is InChI=1S/C18H28N4O4/c1-21(2)15-5-3-14(4-6-15)16(22-8-11-26-12-9-22)13-20-18(25)17(24)19-7-10-23/h3-6,16,23H,7-13H2,1-2H3,(H,19,24)(H,20,25)/p+1/t16-/m0/s1. The van der Waals surface area contributed by atoms with Crippen molar-refractivity contribution in [2.45, 2.75) is 6.04 Å². The number of carbonyl (C=O) groups excluding carboxylic acids is 2. The van der Waals surface area contributed by atoms with E-state index in [0.717, 1.165) is 24.3 Å². The summed E-state index contributed by atoms with van der Waals surface area (Å²) >= 11 is 0. The molecule has 1 aliphatic heterocycles. The lowest BCUT2D eigenvalue weighted by Crippen LogP contribution is -3.15. The molecule has 0 spiro atoms. The van der Waals surface area contributed by atoms with Gasteiger partial charge in [-0.25, -0.2) is 0 Å². The molecule has 1 aliphatic rings. The van der Waals surface area contributed by atoms with Gasteiger partial charge in [0.25, 0.3) is 0 Å². The van der Waals surface area contributed by atoms with Crippen LogP contribution in [-0.2, 0) is 14.3 Å². The third-order valence-corrected chi connectivity index (χ3v) is 4.51. The number of hydrogen-bond donors (Lipinski definition) is 4. The number of quaternary nitrogens is 1. The number of anilines is 1. The maximum Gasteiger partial charge on any atom is 0.309 e. The number of hydrogen-bond acceptors (Lipinski definition) is 5. The van der Waals surface area contributed by atoms with Crippen molar-refractivity contribution in [1.29, 1.82) is 0 Å². The zero-order valence-electron chi connectivity index (χ0n) is 15.5. The average molecular weight is 365 g/mol. The lowest BCUT2D eigenvalue weighted by atomic mass is 10.0. The van der Waals surface area contributed by atoms with Gasteiger partial charge >= 0.3 is 11.8 Å². The molecule has 1 fully saturated rings. The largest absolute Gasteiger partial charge is 0.395 e. The van der Waals surface area contributed by atoms with Crippen molar-refractivity contribution in [3.05, 3.63) is 29.8 Å². The fourth-order valence-corrected chi connectivity index (χ4v) is 3.01. The summed E-state index contributed by atoms with van der Waals surface area (Å²) < 4.78 is 5.44. The Morgan fingerprint density at radius 2 is 1.77 bits per heavy atom. The molecular weight excluding hydrogens is 336 g/mol. The predicted octanol–water partition coefficient (Wildman–Crippen LogP) is -2.07. The molecule has 0 radical (unpaired) electrons. The molecule has 1 saturated heterocycles. The maximum atomic E-state index is 12.0. The van der Waals surface area contributed by atoms with Crippen molar-refractivity contribution in [3.63, 3.8) is 0 Å². The number of carbonyl (C=O) groups is 2. The second-order valence-electron chi connectivity index (χ2n) is 6.50. The Hall–Kier alpha value is -2.16. The van der Waals surface area contributed by atoms with Crippen LogP contribution in [0, 0.1) is 0 Å². The molecule has 0 saturated carbocycles. The Kier molecular flexibility index (Phi) is 7.83. The molecule has 0 bridgehead atoms. The molecule has 1 atom stereocenters. The van der Waals surface area contributed by atoms with Crippen molar-refractivity contribution in [3.8, 4) is 0 Å². The van der Waals surface area contributed by atoms with Gasteiger partial charge in [0, 0.05) is 31.9 Å². The van der Waals surface area contributed by atoms with Crippen LogP contribution in [-0.4, -0.2) is 77.0 Å². The minimum atomic E-state index is -0.724. The van der Waals surface area contributed by atoms with Crippen molar-refractivity contribution >= 4 is 17.5 Å². The monoisotopic (exact) mass is 365 g/mol. The second-order valence-corrected chi connectivity index (χ2v) is 6.50. The molecule has 1 aromatic rings. The van der Waals surface area contributed by atoms with Gasteiger partial charge in [-0.05, 0) is 12.1 Å². The summed E-state index contributed by atoms with van der Waals surface area (Å²) in [5.74, 6) is -1.40. The number of morpholine rings is 1. The van der Waals surface area contributed by atoms with Crippen LogP contribution in [0.1, 0.15) is 11.6 Å². The van der Waals surface area contributed by atoms with Crippen molar-refractivity contribution in [2.75, 3.05) is 65.0 Å². The summed E-state index contributed by atoms with van der Waals surface area (Å²) in [5, 5.41) is 13.8. The molecule has 0 aliphatic carbocycles. The molecule has 2 rings (SSSR count). The second kappa shape index (κ2) is 10.1. The minimum Gasteiger partial charge on any atom is -0.395 e. The number of benzene rings is 1. The van der Waals surface area contributed by atoms with E-state index >= 15 is 0 Å². The van der Waals surface area contributed by atoms with Crippen molar-refractivity contribution in [1.82, 2.24) is 10.6 Å². The highest BCUT2D eigenvalue weighted by atomic mass is 16.5. The maximum absolute atomic E-state index is 12.0. The zero-order valence-corrected chi connectivity index (χ0v) is 15.5. The van der Waals surface area contributed by atoms with Gasteiger partial charge in [0.05, 0.1) is 26.4 Å². The van der Waals surface area contributed by atoms with E-state index in [1.807, 2.05) is 19.0 Å². The summed E-state index contributed by atoms with van der Waals surface area (Å²) in [7, 11) is 3.98. The van der Waals surface area contributed by atoms with Crippen LogP contribution >= 0.6 is 0 Å². The molecule has 1 heterocycles. The number of amides is 2. The van der Waals surface area contributed by atoms with Gasteiger partial charge in [-0.1, -0.05) is 12.1 Å². The van der Waals surface area contributed by atoms with Gasteiger partial charge in [0.1, 0.15) is 19.1 Å². The number of rotatable bonds is 7. The zero-order chi connectivity index (χ0) is 18.9. The van der Waals surface area contributed by atoms with Gasteiger partial charge in [-0.15, -0.1) is 0 Å². The van der Waals surface area contributed by atoms with Crippen LogP contribution in [0.2, 0.25) is 0 Å². The van der Waals surface area contributed by atoms with E-state index in [1.54, 1.807) is 0 Å². The highest BCUT2D eigenvalue weighted by molar-refractivity contribution is 6.35. The fraction of sp³-hybridized carbons (Fsp3) is 0.556. The Labute approximate surface area is 154 Å². The normalized spacial score (nSPS) is 16.0. The molecule has 2 amide bonds. The van der Waals surface area contributed by atoms with Crippen LogP contribution in [0.25, 0.3) is 0 Å². The molecule has 0 unspecified atom stereocenters. The predicted molar refractivity (Wildman–Crippen MR) is 98.1 cm³/mol. The van der Waals surface area contributed by atoms with E-state index in [4.69, 9.17) is 9.84 Å². The summed E-state index contributed by atoms with van der Waals surface area (Å²) in [6, 6.07) is 8.29. The molecule has 1 aromatic carbocycles. The quantitative estimate of drug-likeness (QED) is 0.417. The molecular formula is C18H29N4O4+. The highest BCUT2D eigenvalue weighted by Gasteiger charge is 2.27. The SMILES string of the molecule is CN(C)c1ccc([C@H](CNC(=O)C(=O)NCCO)[NH+]2CCOCC2)cc1. The third kappa shape index (κ3) is 5.69. The van der Waals surface area contributed by atoms with Crippen LogP contribution in [0.15, 0.2) is 24.3 Å². The van der Waals surface area contributed by atoms with E-state index < -0.39 is 11.8 Å². The molecule has 8 heteroatoms. The first-order valence-electron chi connectivity index (χ1n) is 8.89. The lowest BCUT2D eigenvalue weighted by molar-refractivity contribution is -0.937. The van der Waals surface area contributed by atoms with Gasteiger partial charge < -0.3 is 30.3 Å². The molecule has 144 valence electrons. The number of ether oxygens (including phenoxy) is 1. The first kappa shape index (κ1) is 20.2. The van der Waals surface area contributed by atoms with Gasteiger partial charge in [0.15, 0.2) is 0 Å². The Balaban J connectivity index is 2.06. The van der Waals surface area contributed by atoms with Gasteiger partial charge in [-0.2, -0.15) is 0 Å². The molecule has 4 N–H and O–H groups in total. The van der Waals surface area contributed by atoms with Gasteiger partial charge in [-0.3, -0.25) is 9.59 Å². The molecule has 26 heavy (non-hydrogen) atoms. The van der Waals surface area contributed by atoms with Crippen LogP contribution in [0.4, 0.5) is 5.69 Å². The van der Waals surface area contributed by atoms with E-state index in [0.29, 0.717) is 19.8 Å². The highest BCUT2D eigenvalue weighted by Crippen LogP contribution is 2.16. The van der Waals surface area contributed by atoms with Crippen LogP contribution in [0.5, 0.6) is 0 Å². The number of aliphatic hydroxyl groups is 1. The van der Waals surface area contributed by atoms with E-state index in [1.165, 1.54) is 4.90 Å². The fourth-order valence-electron chi connectivity index (χ4n) is 3.01. The summed E-state index contributed by atoms with van der Waals surface area (Å²) in [6.45, 7) is 3.31. The van der Waals surface area contributed by atoms with Crippen molar-refractivity contribution < 1.29 is 24.3 Å². The minimum absolute atomic E-state index is 0.0460. The first-order chi connectivity index (χ1) is 12.5. The Morgan fingerprint density at radius 3 is 2.35 bits per heavy atom.